The number of carbonyl (C=O) groups excluding carboxylic acids is 1. The molecule has 2 N–H and O–H groups in total. The number of amides is 1. The predicted molar refractivity (Wildman–Crippen MR) is 80.8 cm³/mol. The summed E-state index contributed by atoms with van der Waals surface area (Å²) in [6.45, 7) is 4.12. The van der Waals surface area contributed by atoms with Crippen LogP contribution in [0.2, 0.25) is 0 Å². The topological polar surface area (TPSA) is 72.9 Å². The number of nitrogens with one attached hydrogen (secondary N) is 1. The molecule has 1 aliphatic rings. The van der Waals surface area contributed by atoms with E-state index in [0.29, 0.717) is 0 Å². The molecule has 0 spiro atoms. The van der Waals surface area contributed by atoms with Crippen LogP contribution in [-0.2, 0) is 22.3 Å². The third-order valence-corrected chi connectivity index (χ3v) is 4.99. The Labute approximate surface area is 127 Å². The molecule has 1 aromatic rings. The summed E-state index contributed by atoms with van der Waals surface area (Å²) in [6.07, 6.45) is 0.0767. The van der Waals surface area contributed by atoms with Crippen molar-refractivity contribution in [2.24, 2.45) is 0 Å². The highest BCUT2D eigenvalue weighted by Crippen LogP contribution is 2.10. The summed E-state index contributed by atoms with van der Waals surface area (Å²) < 4.78 is 13.9. The third kappa shape index (κ3) is 5.20. The quantitative estimate of drug-likeness (QED) is 0.588. The maximum Gasteiger partial charge on any atom is 0.244 e. The van der Waals surface area contributed by atoms with Gasteiger partial charge < -0.3 is 0 Å². The van der Waals surface area contributed by atoms with Gasteiger partial charge in [0.15, 0.2) is 0 Å². The van der Waals surface area contributed by atoms with E-state index in [1.54, 1.807) is 5.48 Å². The minimum absolute atomic E-state index is 0.0767. The van der Waals surface area contributed by atoms with Crippen molar-refractivity contribution in [3.8, 4) is 0 Å². The number of carbonyl (C=O) groups is 1. The zero-order chi connectivity index (χ0) is 15.1. The van der Waals surface area contributed by atoms with Gasteiger partial charge in [-0.2, -0.15) is 0 Å². The summed E-state index contributed by atoms with van der Waals surface area (Å²) >= 11 is 0. The summed E-state index contributed by atoms with van der Waals surface area (Å²) in [7, 11) is -1.16. The third-order valence-electron chi connectivity index (χ3n) is 3.50. The Hall–Kier alpha value is -1.28. The summed E-state index contributed by atoms with van der Waals surface area (Å²) in [5, 5.41) is 8.41. The number of nitrogens with zero attached hydrogens (tertiary/aromatic N) is 2. The van der Waals surface area contributed by atoms with E-state index >= 15 is 0 Å². The SMILES string of the molecule is O=C(CCS(=O)N1CCN(Cc2ccccc2)CC1)NO. The fourth-order valence-electron chi connectivity index (χ4n) is 2.30. The predicted octanol–water partition coefficient (Wildman–Crippen LogP) is 0.363. The molecule has 0 aromatic heterocycles. The van der Waals surface area contributed by atoms with E-state index in [0.717, 1.165) is 32.7 Å². The van der Waals surface area contributed by atoms with Crippen LogP contribution in [0.15, 0.2) is 30.3 Å². The normalized spacial score (nSPS) is 18.3. The minimum Gasteiger partial charge on any atom is -0.296 e. The molecule has 7 heteroatoms. The Morgan fingerprint density at radius 2 is 1.86 bits per heavy atom. The molecule has 0 saturated carbocycles. The highest BCUT2D eigenvalue weighted by molar-refractivity contribution is 7.82. The molecule has 21 heavy (non-hydrogen) atoms. The van der Waals surface area contributed by atoms with Crippen molar-refractivity contribution in [2.45, 2.75) is 13.0 Å². The summed E-state index contributed by atoms with van der Waals surface area (Å²) in [5.41, 5.74) is 2.84. The summed E-state index contributed by atoms with van der Waals surface area (Å²) in [4.78, 5) is 13.3. The Kier molecular flexibility index (Phi) is 6.31. The zero-order valence-electron chi connectivity index (χ0n) is 11.9. The van der Waals surface area contributed by atoms with E-state index in [-0.39, 0.29) is 12.2 Å². The minimum atomic E-state index is -1.16. The molecule has 1 amide bonds. The van der Waals surface area contributed by atoms with Crippen molar-refractivity contribution in [2.75, 3.05) is 31.9 Å². The molecule has 1 aliphatic heterocycles. The smallest absolute Gasteiger partial charge is 0.244 e. The van der Waals surface area contributed by atoms with Crippen LogP contribution in [0.1, 0.15) is 12.0 Å². The molecule has 0 aliphatic carbocycles. The van der Waals surface area contributed by atoms with Crippen LogP contribution in [-0.4, -0.2) is 56.5 Å². The van der Waals surface area contributed by atoms with Crippen LogP contribution in [0, 0.1) is 0 Å². The summed E-state index contributed by atoms with van der Waals surface area (Å²) in [6, 6.07) is 10.3. The molecule has 1 aromatic carbocycles. The number of hydrogen-bond acceptors (Lipinski definition) is 4. The summed E-state index contributed by atoms with van der Waals surface area (Å²) in [5.74, 6) is -0.239. The lowest BCUT2D eigenvalue weighted by Gasteiger charge is -2.33. The lowest BCUT2D eigenvalue weighted by molar-refractivity contribution is -0.128. The van der Waals surface area contributed by atoms with Gasteiger partial charge in [0.2, 0.25) is 5.91 Å². The molecule has 6 nitrogen and oxygen atoms in total. The molecule has 1 fully saturated rings. The monoisotopic (exact) mass is 311 g/mol. The molecular weight excluding hydrogens is 290 g/mol. The lowest BCUT2D eigenvalue weighted by atomic mass is 10.2. The van der Waals surface area contributed by atoms with Crippen LogP contribution in [0.4, 0.5) is 0 Å². The van der Waals surface area contributed by atoms with Gasteiger partial charge in [-0.05, 0) is 5.56 Å². The maximum atomic E-state index is 12.0. The average molecular weight is 311 g/mol. The Morgan fingerprint density at radius 1 is 1.19 bits per heavy atom. The number of rotatable bonds is 6. The molecule has 116 valence electrons. The molecule has 0 bridgehead atoms. The zero-order valence-corrected chi connectivity index (χ0v) is 12.7. The van der Waals surface area contributed by atoms with Gasteiger partial charge in [0.25, 0.3) is 0 Å². The molecule has 1 saturated heterocycles. The second-order valence-electron chi connectivity index (χ2n) is 5.00. The van der Waals surface area contributed by atoms with Crippen LogP contribution in [0.5, 0.6) is 0 Å². The van der Waals surface area contributed by atoms with Gasteiger partial charge in [-0.3, -0.25) is 14.9 Å². The first-order valence-corrected chi connectivity index (χ1v) is 8.29. The van der Waals surface area contributed by atoms with Gasteiger partial charge in [-0.1, -0.05) is 30.3 Å². The first-order valence-electron chi connectivity index (χ1n) is 7.01. The maximum absolute atomic E-state index is 12.0. The molecule has 0 radical (unpaired) electrons. The van der Waals surface area contributed by atoms with Crippen LogP contribution in [0.3, 0.4) is 0 Å². The van der Waals surface area contributed by atoms with E-state index < -0.39 is 16.9 Å². The van der Waals surface area contributed by atoms with Crippen molar-refractivity contribution in [1.29, 1.82) is 0 Å². The lowest BCUT2D eigenvalue weighted by Crippen LogP contribution is -2.47. The van der Waals surface area contributed by atoms with Gasteiger partial charge in [0.05, 0.1) is 11.0 Å². The Balaban J connectivity index is 1.72. The van der Waals surface area contributed by atoms with E-state index in [2.05, 4.69) is 17.0 Å². The van der Waals surface area contributed by atoms with Gasteiger partial charge in [0, 0.05) is 44.9 Å². The molecule has 2 rings (SSSR count). The number of benzene rings is 1. The molecule has 1 unspecified atom stereocenters. The van der Waals surface area contributed by atoms with E-state index in [4.69, 9.17) is 5.21 Å². The number of piperazine rings is 1. The van der Waals surface area contributed by atoms with Gasteiger partial charge >= 0.3 is 0 Å². The second kappa shape index (κ2) is 8.23. The largest absolute Gasteiger partial charge is 0.296 e. The first kappa shape index (κ1) is 16.1. The molecule has 1 heterocycles. The Morgan fingerprint density at radius 3 is 2.48 bits per heavy atom. The van der Waals surface area contributed by atoms with E-state index in [1.807, 2.05) is 22.5 Å². The average Bonchev–Trinajstić information content (AvgIpc) is 2.54. The van der Waals surface area contributed by atoms with Crippen molar-refractivity contribution in [3.63, 3.8) is 0 Å². The van der Waals surface area contributed by atoms with Crippen LogP contribution in [0.25, 0.3) is 0 Å². The van der Waals surface area contributed by atoms with Crippen LogP contribution >= 0.6 is 0 Å². The van der Waals surface area contributed by atoms with E-state index in [9.17, 15) is 9.00 Å². The highest BCUT2D eigenvalue weighted by atomic mass is 32.2. The first-order chi connectivity index (χ1) is 10.2. The second-order valence-corrected chi connectivity index (χ2v) is 6.57. The Bertz CT molecular complexity index is 476. The van der Waals surface area contributed by atoms with Crippen molar-refractivity contribution >= 4 is 16.9 Å². The van der Waals surface area contributed by atoms with Gasteiger partial charge in [-0.15, -0.1) is 0 Å². The van der Waals surface area contributed by atoms with Crippen molar-refractivity contribution in [1.82, 2.24) is 14.7 Å². The van der Waals surface area contributed by atoms with Crippen LogP contribution < -0.4 is 5.48 Å². The highest BCUT2D eigenvalue weighted by Gasteiger charge is 2.21. The van der Waals surface area contributed by atoms with E-state index in [1.165, 1.54) is 5.56 Å². The van der Waals surface area contributed by atoms with Gasteiger partial charge in [0.1, 0.15) is 0 Å². The fourth-order valence-corrected chi connectivity index (χ4v) is 3.49. The van der Waals surface area contributed by atoms with Crippen molar-refractivity contribution < 1.29 is 14.2 Å². The van der Waals surface area contributed by atoms with Gasteiger partial charge in [-0.25, -0.2) is 14.0 Å². The number of hydroxylamine groups is 1. The fraction of sp³-hybridized carbons (Fsp3) is 0.500. The molecular formula is C14H21N3O3S. The number of hydrogen-bond donors (Lipinski definition) is 2. The van der Waals surface area contributed by atoms with Crippen molar-refractivity contribution in [3.05, 3.63) is 35.9 Å². The molecule has 1 atom stereocenters. The standard InChI is InChI=1S/C14H21N3O3S/c18-14(15-19)6-11-21(20)17-9-7-16(8-10-17)12-13-4-2-1-3-5-13/h1-5,19H,6-12H2,(H,15,18).